The van der Waals surface area contributed by atoms with Gasteiger partial charge in [-0.25, -0.2) is 4.57 Å². The number of likely N-dealkylation sites (N-methyl/N-ethyl adjacent to an activating group) is 1. The molecule has 0 aromatic heterocycles. The third-order valence-electron chi connectivity index (χ3n) is 16.7. The molecule has 0 saturated heterocycles. The van der Waals surface area contributed by atoms with Gasteiger partial charge < -0.3 is 19.8 Å². The van der Waals surface area contributed by atoms with Crippen molar-refractivity contribution in [3.05, 3.63) is 72.9 Å². The molecule has 0 bridgehead atoms. The van der Waals surface area contributed by atoms with Gasteiger partial charge in [0.15, 0.2) is 0 Å². The SMILES string of the molecule is CC/C=C\C/C=C\C/C=C\C/C=C\C/C=C\C/C=C\CCCCCCCCCCCCCCCCC(=O)NC(COP(=O)(O)OCC[N+](C)(C)C)C(O)CCCCCCCCCCCCCCCCCCCCCCCCCCCCCCCC. The van der Waals surface area contributed by atoms with Crippen molar-refractivity contribution < 1.29 is 32.9 Å². The molecule has 0 aliphatic rings. The number of phosphoric ester groups is 1. The van der Waals surface area contributed by atoms with Crippen LogP contribution in [0.3, 0.4) is 0 Å². The highest BCUT2D eigenvalue weighted by atomic mass is 31.2. The van der Waals surface area contributed by atoms with E-state index < -0.39 is 20.0 Å². The van der Waals surface area contributed by atoms with E-state index in [0.29, 0.717) is 23.9 Å². The van der Waals surface area contributed by atoms with Crippen molar-refractivity contribution in [2.24, 2.45) is 0 Å². The fourth-order valence-corrected chi connectivity index (χ4v) is 11.8. The average molecular weight is 1210 g/mol. The van der Waals surface area contributed by atoms with Crippen molar-refractivity contribution in [1.82, 2.24) is 5.32 Å². The summed E-state index contributed by atoms with van der Waals surface area (Å²) in [5, 5.41) is 14.2. The zero-order valence-electron chi connectivity index (χ0n) is 57.1. The summed E-state index contributed by atoms with van der Waals surface area (Å²) in [6.07, 6.45) is 93.0. The lowest BCUT2D eigenvalue weighted by molar-refractivity contribution is -0.870. The Morgan fingerprint density at radius 3 is 1.04 bits per heavy atom. The van der Waals surface area contributed by atoms with Crippen LogP contribution in [-0.2, 0) is 18.4 Å². The number of carbonyl (C=O) groups excluding carboxylic acids is 1. The summed E-state index contributed by atoms with van der Waals surface area (Å²) in [5.74, 6) is -0.142. The second-order valence-corrected chi connectivity index (χ2v) is 27.8. The number of phosphoric acid groups is 1. The third-order valence-corrected chi connectivity index (χ3v) is 17.7. The highest BCUT2D eigenvalue weighted by molar-refractivity contribution is 7.47. The van der Waals surface area contributed by atoms with Crippen LogP contribution in [0.4, 0.5) is 0 Å². The van der Waals surface area contributed by atoms with Crippen LogP contribution >= 0.6 is 7.82 Å². The van der Waals surface area contributed by atoms with Crippen LogP contribution in [0.5, 0.6) is 0 Å². The predicted octanol–water partition coefficient (Wildman–Crippen LogP) is 23.7. The van der Waals surface area contributed by atoms with Gasteiger partial charge in [-0.05, 0) is 64.2 Å². The number of hydrogen-bond acceptors (Lipinski definition) is 5. The minimum absolute atomic E-state index is 0.0737. The van der Waals surface area contributed by atoms with Crippen LogP contribution in [0.15, 0.2) is 72.9 Å². The van der Waals surface area contributed by atoms with Gasteiger partial charge in [0, 0.05) is 6.42 Å². The molecule has 0 fully saturated rings. The van der Waals surface area contributed by atoms with Crippen LogP contribution in [0.2, 0.25) is 0 Å². The van der Waals surface area contributed by atoms with Gasteiger partial charge in [0.05, 0.1) is 39.9 Å². The summed E-state index contributed by atoms with van der Waals surface area (Å²) in [5.41, 5.74) is 0. The first kappa shape index (κ1) is 82.9. The number of aliphatic hydroxyl groups is 1. The fourth-order valence-electron chi connectivity index (χ4n) is 11.1. The Labute approximate surface area is 529 Å². The van der Waals surface area contributed by atoms with Gasteiger partial charge in [-0.1, -0.05) is 356 Å². The Morgan fingerprint density at radius 1 is 0.412 bits per heavy atom. The molecule has 0 rings (SSSR count). The Hall–Kier alpha value is -2.06. The van der Waals surface area contributed by atoms with Crippen LogP contribution < -0.4 is 5.32 Å². The Bertz CT molecular complexity index is 1620. The maximum atomic E-state index is 13.1. The van der Waals surface area contributed by atoms with Gasteiger partial charge in [-0.2, -0.15) is 0 Å². The second-order valence-electron chi connectivity index (χ2n) is 26.3. The molecule has 0 aromatic carbocycles. The van der Waals surface area contributed by atoms with E-state index in [1.807, 2.05) is 21.1 Å². The largest absolute Gasteiger partial charge is 0.472 e. The number of aliphatic hydroxyl groups excluding tert-OH is 1. The second kappa shape index (κ2) is 66.4. The molecule has 0 heterocycles. The Morgan fingerprint density at radius 2 is 0.706 bits per heavy atom. The van der Waals surface area contributed by atoms with Gasteiger partial charge in [0.1, 0.15) is 13.2 Å². The number of amides is 1. The molecular weight excluding hydrogens is 1070 g/mol. The normalized spacial score (nSPS) is 14.0. The molecule has 3 atom stereocenters. The number of rotatable bonds is 68. The van der Waals surface area contributed by atoms with Gasteiger partial charge in [-0.15, -0.1) is 0 Å². The molecule has 0 radical (unpaired) electrons. The molecule has 0 aromatic rings. The van der Waals surface area contributed by atoms with Crippen molar-refractivity contribution in [2.45, 2.75) is 366 Å². The zero-order valence-corrected chi connectivity index (χ0v) is 58.0. The van der Waals surface area contributed by atoms with Gasteiger partial charge in [-0.3, -0.25) is 13.8 Å². The Balaban J connectivity index is 4.01. The summed E-state index contributed by atoms with van der Waals surface area (Å²) in [6.45, 7) is 4.82. The molecular formula is C76H144N2O6P+. The van der Waals surface area contributed by atoms with Gasteiger partial charge >= 0.3 is 7.82 Å². The van der Waals surface area contributed by atoms with Gasteiger partial charge in [0.25, 0.3) is 0 Å². The van der Waals surface area contributed by atoms with Crippen LogP contribution in [-0.4, -0.2) is 73.4 Å². The summed E-state index contributed by atoms with van der Waals surface area (Å²) < 4.78 is 23.9. The van der Waals surface area contributed by atoms with E-state index in [2.05, 4.69) is 92.1 Å². The molecule has 0 aliphatic carbocycles. The molecule has 0 spiro atoms. The van der Waals surface area contributed by atoms with Crippen LogP contribution in [0.25, 0.3) is 0 Å². The van der Waals surface area contributed by atoms with Crippen molar-refractivity contribution in [2.75, 3.05) is 40.9 Å². The average Bonchev–Trinajstić information content (AvgIpc) is 3.49. The maximum Gasteiger partial charge on any atom is 0.472 e. The molecule has 8 nitrogen and oxygen atoms in total. The highest BCUT2D eigenvalue weighted by Gasteiger charge is 2.28. The summed E-state index contributed by atoms with van der Waals surface area (Å²) >= 11 is 0. The molecule has 3 unspecified atom stereocenters. The van der Waals surface area contributed by atoms with Crippen LogP contribution in [0, 0.1) is 0 Å². The number of carbonyl (C=O) groups is 1. The molecule has 498 valence electrons. The minimum atomic E-state index is -4.34. The van der Waals surface area contributed by atoms with Crippen molar-refractivity contribution in [1.29, 1.82) is 0 Å². The van der Waals surface area contributed by atoms with Crippen molar-refractivity contribution in [3.63, 3.8) is 0 Å². The molecule has 0 saturated carbocycles. The lowest BCUT2D eigenvalue weighted by Crippen LogP contribution is -2.46. The number of quaternary nitrogens is 1. The topological polar surface area (TPSA) is 105 Å². The summed E-state index contributed by atoms with van der Waals surface area (Å²) in [4.78, 5) is 23.5. The lowest BCUT2D eigenvalue weighted by Gasteiger charge is -2.26. The highest BCUT2D eigenvalue weighted by Crippen LogP contribution is 2.43. The van der Waals surface area contributed by atoms with E-state index in [9.17, 15) is 19.4 Å². The predicted molar refractivity (Wildman–Crippen MR) is 373 cm³/mol. The third kappa shape index (κ3) is 69.3. The molecule has 0 aliphatic heterocycles. The summed E-state index contributed by atoms with van der Waals surface area (Å²) in [6, 6.07) is -0.766. The number of unbranched alkanes of at least 4 members (excludes halogenated alkanes) is 43. The lowest BCUT2D eigenvalue weighted by atomic mass is 10.0. The van der Waals surface area contributed by atoms with E-state index >= 15 is 0 Å². The van der Waals surface area contributed by atoms with Crippen LogP contribution in [0.1, 0.15) is 354 Å². The first-order valence-electron chi connectivity index (χ1n) is 36.8. The smallest absolute Gasteiger partial charge is 0.391 e. The molecule has 9 heteroatoms. The van der Waals surface area contributed by atoms with E-state index in [1.165, 1.54) is 250 Å². The monoisotopic (exact) mass is 1210 g/mol. The number of allylic oxidation sites excluding steroid dienone is 12. The molecule has 1 amide bonds. The minimum Gasteiger partial charge on any atom is -0.391 e. The zero-order chi connectivity index (χ0) is 61.9. The van der Waals surface area contributed by atoms with Gasteiger partial charge in [0.2, 0.25) is 5.91 Å². The van der Waals surface area contributed by atoms with E-state index in [0.717, 1.165) is 77.0 Å². The van der Waals surface area contributed by atoms with E-state index in [1.54, 1.807) is 0 Å². The standard InChI is InChI=1S/C76H143N2O6P/c1-6-8-10-12-14-16-18-20-22-24-26-28-30-32-34-36-38-39-40-42-44-46-48-50-52-54-56-58-60-62-64-66-68-70-76(80)77-74(73-84-85(81,82)83-72-71-78(3,4)5)75(79)69-67-65-63-61-59-57-55-53-51-49-47-45-43-41-37-35-33-31-29-27-25-23-21-19-17-15-13-11-9-7-2/h8,10,14,16,20,22,26,28,32,34,38-39,74-75,79H,6-7,9,11-13,15,17-19,21,23-25,27,29-31,33,35-37,40-73H2,1-5H3,(H-,77,80,81,82)/p+1/b10-8-,16-14-,22-20-,28-26-,34-32-,39-38-. The number of hydrogen-bond donors (Lipinski definition) is 3. The Kier molecular flexibility index (Phi) is 64.8. The first-order chi connectivity index (χ1) is 41.5. The number of nitrogens with one attached hydrogen (secondary N) is 1. The quantitative estimate of drug-likeness (QED) is 0.0243. The van der Waals surface area contributed by atoms with Crippen molar-refractivity contribution >= 4 is 13.7 Å². The molecule has 3 N–H and O–H groups in total. The van der Waals surface area contributed by atoms with E-state index in [-0.39, 0.29) is 19.1 Å². The number of nitrogens with zero attached hydrogens (tertiary/aromatic N) is 1. The van der Waals surface area contributed by atoms with E-state index in [4.69, 9.17) is 9.05 Å². The maximum absolute atomic E-state index is 13.1. The molecule has 85 heavy (non-hydrogen) atoms. The fraction of sp³-hybridized carbons (Fsp3) is 0.829. The van der Waals surface area contributed by atoms with Crippen molar-refractivity contribution in [3.8, 4) is 0 Å². The summed E-state index contributed by atoms with van der Waals surface area (Å²) in [7, 11) is 1.62. The first-order valence-corrected chi connectivity index (χ1v) is 38.3.